The average Bonchev–Trinajstić information content (AvgIpc) is 3.61. The van der Waals surface area contributed by atoms with E-state index >= 15 is 0 Å². The second-order valence-corrected chi connectivity index (χ2v) is 30.0. The maximum Gasteiger partial charge on any atom is 0.261 e. The Labute approximate surface area is 392 Å². The number of allylic oxidation sites excluding steroid dienone is 3. The van der Waals surface area contributed by atoms with Crippen LogP contribution in [0.25, 0.3) is 0 Å². The van der Waals surface area contributed by atoms with Crippen molar-refractivity contribution >= 4 is 43.2 Å². The van der Waals surface area contributed by atoms with E-state index in [9.17, 15) is 4.79 Å². The van der Waals surface area contributed by atoms with Crippen LogP contribution in [0.4, 0.5) is 0 Å². The molecule has 3 aliphatic rings. The van der Waals surface area contributed by atoms with Gasteiger partial charge < -0.3 is 13.6 Å². The van der Waals surface area contributed by atoms with Gasteiger partial charge in [0.25, 0.3) is 16.6 Å². The van der Waals surface area contributed by atoms with E-state index < -0.39 is 16.6 Å². The minimum atomic E-state index is -2.71. The molecule has 8 rings (SSSR count). The van der Waals surface area contributed by atoms with Crippen molar-refractivity contribution in [3.8, 4) is 5.75 Å². The van der Waals surface area contributed by atoms with E-state index in [0.29, 0.717) is 55.5 Å². The minimum Gasteiger partial charge on any atom is -0.490 e. The van der Waals surface area contributed by atoms with E-state index in [0.717, 1.165) is 17.7 Å². The molecule has 2 saturated carbocycles. The molecule has 0 amide bonds. The van der Waals surface area contributed by atoms with Gasteiger partial charge in [0.1, 0.15) is 17.6 Å². The van der Waals surface area contributed by atoms with Crippen LogP contribution in [0.5, 0.6) is 5.75 Å². The lowest BCUT2D eigenvalue weighted by molar-refractivity contribution is -0.127. The lowest BCUT2D eigenvalue weighted by Gasteiger charge is -2.43. The lowest BCUT2D eigenvalue weighted by Crippen LogP contribution is -2.66. The number of carbonyl (C=O) groups is 1. The molecule has 3 aliphatic carbocycles. The molecule has 0 aromatic heterocycles. The number of ketones is 1. The first-order valence-electron chi connectivity index (χ1n) is 24.4. The second kappa shape index (κ2) is 19.7. The zero-order valence-corrected chi connectivity index (χ0v) is 42.0. The summed E-state index contributed by atoms with van der Waals surface area (Å²) in [5.74, 6) is 2.96. The van der Waals surface area contributed by atoms with E-state index in [-0.39, 0.29) is 33.9 Å². The number of rotatable bonds is 16. The van der Waals surface area contributed by atoms with Crippen molar-refractivity contribution in [1.29, 1.82) is 0 Å². The number of hydrogen-bond acceptors (Lipinski definition) is 4. The molecule has 0 heterocycles. The highest BCUT2D eigenvalue weighted by Crippen LogP contribution is 2.57. The molecule has 8 atom stereocenters. The predicted molar refractivity (Wildman–Crippen MR) is 274 cm³/mol. The van der Waals surface area contributed by atoms with Gasteiger partial charge in [0.15, 0.2) is 0 Å². The van der Waals surface area contributed by atoms with Crippen molar-refractivity contribution < 1.29 is 18.4 Å². The molecule has 0 unspecified atom stereocenters. The molecule has 65 heavy (non-hydrogen) atoms. The van der Waals surface area contributed by atoms with Crippen LogP contribution in [0.3, 0.4) is 0 Å². The molecule has 0 radical (unpaired) electrons. The molecule has 0 spiro atoms. The smallest absolute Gasteiger partial charge is 0.261 e. The largest absolute Gasteiger partial charge is 0.490 e. The van der Waals surface area contributed by atoms with Crippen molar-refractivity contribution in [3.05, 3.63) is 176 Å². The molecule has 5 aromatic carbocycles. The third-order valence-electron chi connectivity index (χ3n) is 15.4. The maximum absolute atomic E-state index is 14.9. The minimum absolute atomic E-state index is 0.0222. The fraction of sp³-hybridized carbons (Fsp3) is 0.407. The van der Waals surface area contributed by atoms with Gasteiger partial charge in [-0.1, -0.05) is 207 Å². The normalized spacial score (nSPS) is 24.5. The summed E-state index contributed by atoms with van der Waals surface area (Å²) in [5.41, 5.74) is 1.12. The van der Waals surface area contributed by atoms with Gasteiger partial charge in [-0.2, -0.15) is 0 Å². The number of ether oxygens (including phenoxy) is 1. The van der Waals surface area contributed by atoms with Gasteiger partial charge in [0, 0.05) is 30.8 Å². The van der Waals surface area contributed by atoms with Crippen molar-refractivity contribution in [1.82, 2.24) is 0 Å². The first-order valence-corrected chi connectivity index (χ1v) is 28.2. The van der Waals surface area contributed by atoms with Crippen LogP contribution in [0.2, 0.25) is 10.1 Å². The molecule has 4 nitrogen and oxygen atoms in total. The molecular weight excluding hydrogens is 829 g/mol. The van der Waals surface area contributed by atoms with Crippen molar-refractivity contribution in [2.24, 2.45) is 41.4 Å². The highest BCUT2D eigenvalue weighted by molar-refractivity contribution is 7.00. The Hall–Kier alpha value is -4.60. The van der Waals surface area contributed by atoms with Gasteiger partial charge in [-0.3, -0.25) is 4.79 Å². The molecule has 0 bridgehead atoms. The van der Waals surface area contributed by atoms with Crippen molar-refractivity contribution in [3.63, 3.8) is 0 Å². The van der Waals surface area contributed by atoms with E-state index in [4.69, 9.17) is 13.6 Å². The third-order valence-corrected chi connectivity index (χ3v) is 25.4. The Morgan fingerprint density at radius 2 is 1.14 bits per heavy atom. The zero-order valence-electron chi connectivity index (χ0n) is 40.0. The summed E-state index contributed by atoms with van der Waals surface area (Å²) < 4.78 is 21.8. The van der Waals surface area contributed by atoms with E-state index in [2.05, 4.69) is 213 Å². The van der Waals surface area contributed by atoms with Crippen LogP contribution >= 0.6 is 0 Å². The Morgan fingerprint density at radius 1 is 0.646 bits per heavy atom. The zero-order chi connectivity index (χ0) is 45.8. The molecule has 0 saturated heterocycles. The summed E-state index contributed by atoms with van der Waals surface area (Å²) in [6, 6.07) is 51.9. The van der Waals surface area contributed by atoms with E-state index in [1.165, 1.54) is 33.6 Å². The molecule has 0 N–H and O–H groups in total. The third kappa shape index (κ3) is 9.26. The Balaban J connectivity index is 1.02. The van der Waals surface area contributed by atoms with Crippen LogP contribution in [0.15, 0.2) is 170 Å². The summed E-state index contributed by atoms with van der Waals surface area (Å²) in [5, 5.41) is 4.86. The van der Waals surface area contributed by atoms with Crippen LogP contribution < -0.4 is 25.5 Å². The summed E-state index contributed by atoms with van der Waals surface area (Å²) in [6.45, 7) is 21.6. The van der Waals surface area contributed by atoms with Gasteiger partial charge in [-0.05, 0) is 91.5 Å². The second-order valence-electron chi connectivity index (χ2n) is 21.4. The van der Waals surface area contributed by atoms with Gasteiger partial charge in [0.2, 0.25) is 0 Å². The molecule has 340 valence electrons. The summed E-state index contributed by atoms with van der Waals surface area (Å²) in [7, 11) is -5.40. The monoisotopic (exact) mass is 900 g/mol. The van der Waals surface area contributed by atoms with Crippen molar-refractivity contribution in [2.75, 3.05) is 6.61 Å². The molecule has 0 aliphatic heterocycles. The number of hydrogen-bond donors (Lipinski definition) is 0. The van der Waals surface area contributed by atoms with Crippen molar-refractivity contribution in [2.45, 2.75) is 103 Å². The van der Waals surface area contributed by atoms with Gasteiger partial charge in [0.05, 0.1) is 6.61 Å². The highest BCUT2D eigenvalue weighted by atomic mass is 28.4. The van der Waals surface area contributed by atoms with Gasteiger partial charge in [-0.15, -0.1) is 6.58 Å². The van der Waals surface area contributed by atoms with Gasteiger partial charge >= 0.3 is 0 Å². The topological polar surface area (TPSA) is 44.8 Å². The first-order chi connectivity index (χ1) is 31.3. The quantitative estimate of drug-likeness (QED) is 0.0562. The summed E-state index contributed by atoms with van der Waals surface area (Å²) in [6.07, 6.45) is 11.4. The van der Waals surface area contributed by atoms with Crippen LogP contribution in [0.1, 0.15) is 86.1 Å². The number of carbonyl (C=O) groups excluding carboxylic acids is 1. The first kappa shape index (κ1) is 46.9. The molecular formula is C59H72O4Si2. The summed E-state index contributed by atoms with van der Waals surface area (Å²) in [4.78, 5) is 14.9. The predicted octanol–water partition coefficient (Wildman–Crippen LogP) is 11.7. The Bertz CT molecular complexity index is 2270. The van der Waals surface area contributed by atoms with Crippen LogP contribution in [-0.2, 0) is 20.3 Å². The molecule has 2 fully saturated rings. The number of fused-ring (bicyclic) bond motifs is 3. The standard InChI is InChI=1S/C59H72O4Si2/c1-9-45-35-39-51-53-41-43(2)32-38-52(53)57(56(51)55(45)54(60)31-22-40-61-64(58(3,4)5,47-23-14-10-15-24-47)48-25-16-11-17-26-48)63-46-36-33-44(34-37-46)42-62-65(59(6,7)8,49-27-18-12-19-28-49)50-29-20-13-21-30-50/h9-21,23-30,33-37,39,43,45,51-53,55-57H,1,22,31-32,38,40-42H2,2-8H3/t43-,45+,51+,52-,53+,55-,56+,57+/m1/s1. The molecule has 5 aromatic rings. The Morgan fingerprint density at radius 3 is 1.62 bits per heavy atom. The van der Waals surface area contributed by atoms with E-state index in [1.807, 2.05) is 6.08 Å². The molecule has 6 heteroatoms. The number of Topliss-reactive ketones (excluding diaryl/α,β-unsaturated/α-hetero) is 1. The average molecular weight is 901 g/mol. The highest BCUT2D eigenvalue weighted by Gasteiger charge is 2.58. The summed E-state index contributed by atoms with van der Waals surface area (Å²) >= 11 is 0. The van der Waals surface area contributed by atoms with Crippen LogP contribution in [0, 0.1) is 41.4 Å². The fourth-order valence-corrected chi connectivity index (χ4v) is 21.6. The van der Waals surface area contributed by atoms with Gasteiger partial charge in [-0.25, -0.2) is 0 Å². The maximum atomic E-state index is 14.9. The SMILES string of the molecule is C=C[C@H]1C=C[C@H]2[C@@H]3C[C@H](C)CC[C@H]3[C@H](Oc3ccc(CO[Si](c4ccccc4)(c4ccccc4)C(C)(C)C)cc3)[C@@H]2[C@H]1C(=O)CCCO[Si](c1ccccc1)(c1ccccc1)C(C)(C)C. The Kier molecular flexibility index (Phi) is 14.2. The lowest BCUT2D eigenvalue weighted by atomic mass is 9.66. The fourth-order valence-electron chi connectivity index (χ4n) is 12.4. The number of benzene rings is 5. The van der Waals surface area contributed by atoms with Crippen LogP contribution in [-0.4, -0.2) is 35.1 Å². The van der Waals surface area contributed by atoms with E-state index in [1.54, 1.807) is 0 Å².